The summed E-state index contributed by atoms with van der Waals surface area (Å²) in [5, 5.41) is 2.75. The van der Waals surface area contributed by atoms with E-state index in [1.807, 2.05) is 6.07 Å². The normalized spacial score (nSPS) is 15.1. The summed E-state index contributed by atoms with van der Waals surface area (Å²) in [4.78, 5) is 10.5. The molecule has 8 heteroatoms. The number of nitrogens with two attached hydrogens (primary N) is 1. The largest absolute Gasteiger partial charge is 0.418 e. The zero-order chi connectivity index (χ0) is 21.8. The van der Waals surface area contributed by atoms with E-state index in [4.69, 9.17) is 5.73 Å². The van der Waals surface area contributed by atoms with Gasteiger partial charge in [-0.25, -0.2) is 9.97 Å². The number of para-hydroxylation sites is 1. The SMILES string of the molecule is Nc1c(Nc2ccccc2C(F)(F)F)ncnc1N1CCC(Cc2ccccc2)CC1. The Morgan fingerprint density at radius 1 is 0.968 bits per heavy atom. The van der Waals surface area contributed by atoms with Crippen molar-refractivity contribution in [2.45, 2.75) is 25.4 Å². The van der Waals surface area contributed by atoms with Gasteiger partial charge >= 0.3 is 6.18 Å². The molecule has 3 aromatic rings. The van der Waals surface area contributed by atoms with Gasteiger partial charge in [0.2, 0.25) is 0 Å². The van der Waals surface area contributed by atoms with Crippen LogP contribution in [0.5, 0.6) is 0 Å². The summed E-state index contributed by atoms with van der Waals surface area (Å²) in [7, 11) is 0. The number of piperidine rings is 1. The monoisotopic (exact) mass is 427 g/mol. The van der Waals surface area contributed by atoms with E-state index in [-0.39, 0.29) is 17.2 Å². The number of halogens is 3. The lowest BCUT2D eigenvalue weighted by molar-refractivity contribution is -0.136. The predicted molar refractivity (Wildman–Crippen MR) is 116 cm³/mol. The van der Waals surface area contributed by atoms with Gasteiger partial charge in [-0.2, -0.15) is 13.2 Å². The van der Waals surface area contributed by atoms with Crippen molar-refractivity contribution in [1.82, 2.24) is 9.97 Å². The van der Waals surface area contributed by atoms with E-state index in [2.05, 4.69) is 44.5 Å². The van der Waals surface area contributed by atoms with E-state index >= 15 is 0 Å². The van der Waals surface area contributed by atoms with Crippen molar-refractivity contribution in [3.8, 4) is 0 Å². The number of benzene rings is 2. The van der Waals surface area contributed by atoms with Crippen LogP contribution in [0.15, 0.2) is 60.9 Å². The lowest BCUT2D eigenvalue weighted by Gasteiger charge is -2.33. The Morgan fingerprint density at radius 2 is 1.65 bits per heavy atom. The van der Waals surface area contributed by atoms with E-state index < -0.39 is 11.7 Å². The quantitative estimate of drug-likeness (QED) is 0.580. The van der Waals surface area contributed by atoms with Crippen LogP contribution in [-0.4, -0.2) is 23.1 Å². The number of anilines is 4. The van der Waals surface area contributed by atoms with Gasteiger partial charge in [0.15, 0.2) is 11.6 Å². The predicted octanol–water partition coefficient (Wildman–Crippen LogP) is 5.28. The molecular weight excluding hydrogens is 403 g/mol. The van der Waals surface area contributed by atoms with Crippen molar-refractivity contribution in [2.24, 2.45) is 5.92 Å². The first-order chi connectivity index (χ1) is 14.9. The summed E-state index contributed by atoms with van der Waals surface area (Å²) in [5.41, 5.74) is 6.99. The maximum atomic E-state index is 13.3. The molecular formula is C23H24F3N5. The number of rotatable bonds is 5. The van der Waals surface area contributed by atoms with Gasteiger partial charge in [-0.1, -0.05) is 42.5 Å². The number of hydrogen-bond donors (Lipinski definition) is 2. The molecule has 0 atom stereocenters. The van der Waals surface area contributed by atoms with E-state index in [0.717, 1.165) is 38.4 Å². The van der Waals surface area contributed by atoms with Crippen LogP contribution in [0.4, 0.5) is 36.2 Å². The van der Waals surface area contributed by atoms with Gasteiger partial charge in [0.1, 0.15) is 12.0 Å². The molecule has 1 fully saturated rings. The van der Waals surface area contributed by atoms with Crippen molar-refractivity contribution >= 4 is 23.0 Å². The van der Waals surface area contributed by atoms with Gasteiger partial charge < -0.3 is 16.0 Å². The minimum Gasteiger partial charge on any atom is -0.393 e. The zero-order valence-corrected chi connectivity index (χ0v) is 16.9. The first kappa shape index (κ1) is 21.0. The smallest absolute Gasteiger partial charge is 0.393 e. The molecule has 0 aliphatic carbocycles. The van der Waals surface area contributed by atoms with Crippen LogP contribution in [0.25, 0.3) is 0 Å². The highest BCUT2D eigenvalue weighted by Gasteiger charge is 2.33. The topological polar surface area (TPSA) is 67.1 Å². The van der Waals surface area contributed by atoms with E-state index in [1.54, 1.807) is 0 Å². The molecule has 4 rings (SSSR count). The van der Waals surface area contributed by atoms with E-state index in [9.17, 15) is 13.2 Å². The Morgan fingerprint density at radius 3 is 2.35 bits per heavy atom. The standard InChI is InChI=1S/C23H24F3N5/c24-23(25,26)18-8-4-5-9-19(18)30-21-20(27)22(29-15-28-21)31-12-10-17(11-13-31)14-16-6-2-1-3-7-16/h1-9,15,17H,10-14,27H2,(H,28,29,30). The summed E-state index contributed by atoms with van der Waals surface area (Å²) in [5.74, 6) is 1.31. The second kappa shape index (κ2) is 8.83. The molecule has 0 spiro atoms. The summed E-state index contributed by atoms with van der Waals surface area (Å²) >= 11 is 0. The fourth-order valence-corrected chi connectivity index (χ4v) is 4.00. The number of nitrogens with zero attached hydrogens (tertiary/aromatic N) is 3. The summed E-state index contributed by atoms with van der Waals surface area (Å²) in [6, 6.07) is 15.7. The molecule has 0 amide bonds. The van der Waals surface area contributed by atoms with Crippen molar-refractivity contribution < 1.29 is 13.2 Å². The van der Waals surface area contributed by atoms with Gasteiger partial charge in [0, 0.05) is 13.1 Å². The Kier molecular flexibility index (Phi) is 5.97. The van der Waals surface area contributed by atoms with Crippen molar-refractivity contribution in [1.29, 1.82) is 0 Å². The average Bonchev–Trinajstić information content (AvgIpc) is 2.76. The molecule has 1 saturated heterocycles. The van der Waals surface area contributed by atoms with Crippen molar-refractivity contribution in [2.75, 3.05) is 29.0 Å². The van der Waals surface area contributed by atoms with Gasteiger partial charge in [-0.05, 0) is 42.9 Å². The number of hydrogen-bond acceptors (Lipinski definition) is 5. The van der Waals surface area contributed by atoms with E-state index in [1.165, 1.54) is 30.1 Å². The molecule has 0 radical (unpaired) electrons. The minimum atomic E-state index is -4.48. The van der Waals surface area contributed by atoms with Gasteiger partial charge in [-0.3, -0.25) is 0 Å². The number of alkyl halides is 3. The van der Waals surface area contributed by atoms with Crippen LogP contribution in [0.3, 0.4) is 0 Å². The average molecular weight is 427 g/mol. The first-order valence-corrected chi connectivity index (χ1v) is 10.2. The molecule has 5 nitrogen and oxygen atoms in total. The van der Waals surface area contributed by atoms with Crippen molar-refractivity contribution in [3.05, 3.63) is 72.1 Å². The molecule has 0 saturated carbocycles. The van der Waals surface area contributed by atoms with Crippen LogP contribution in [0.1, 0.15) is 24.0 Å². The van der Waals surface area contributed by atoms with Crippen LogP contribution in [0, 0.1) is 5.92 Å². The van der Waals surface area contributed by atoms with Gasteiger partial charge in [0.05, 0.1) is 11.3 Å². The molecule has 162 valence electrons. The molecule has 1 aromatic heterocycles. The number of aromatic nitrogens is 2. The lowest BCUT2D eigenvalue weighted by Crippen LogP contribution is -2.35. The van der Waals surface area contributed by atoms with Crippen LogP contribution >= 0.6 is 0 Å². The Labute approximate surface area is 179 Å². The molecule has 3 N–H and O–H groups in total. The number of nitrogen functional groups attached to an aromatic ring is 1. The molecule has 2 heterocycles. The molecule has 1 aliphatic heterocycles. The first-order valence-electron chi connectivity index (χ1n) is 10.2. The highest BCUT2D eigenvalue weighted by Crippen LogP contribution is 2.37. The minimum absolute atomic E-state index is 0.0899. The third-order valence-electron chi connectivity index (χ3n) is 5.63. The lowest BCUT2D eigenvalue weighted by atomic mass is 9.90. The Balaban J connectivity index is 1.47. The summed E-state index contributed by atoms with van der Waals surface area (Å²) < 4.78 is 39.9. The third kappa shape index (κ3) is 4.90. The fraction of sp³-hybridized carbons (Fsp3) is 0.304. The van der Waals surface area contributed by atoms with Crippen LogP contribution < -0.4 is 16.0 Å². The van der Waals surface area contributed by atoms with Crippen molar-refractivity contribution in [3.63, 3.8) is 0 Å². The second-order valence-electron chi connectivity index (χ2n) is 7.75. The van der Waals surface area contributed by atoms with Gasteiger partial charge in [-0.15, -0.1) is 0 Å². The highest BCUT2D eigenvalue weighted by atomic mass is 19.4. The maximum absolute atomic E-state index is 13.3. The fourth-order valence-electron chi connectivity index (χ4n) is 4.00. The summed E-state index contributed by atoms with van der Waals surface area (Å²) in [6.45, 7) is 1.58. The molecule has 0 bridgehead atoms. The molecule has 0 unspecified atom stereocenters. The third-order valence-corrected chi connectivity index (χ3v) is 5.63. The van der Waals surface area contributed by atoms with Gasteiger partial charge in [0.25, 0.3) is 0 Å². The summed E-state index contributed by atoms with van der Waals surface area (Å²) in [6.07, 6.45) is -0.111. The zero-order valence-electron chi connectivity index (χ0n) is 16.9. The molecule has 1 aliphatic rings. The van der Waals surface area contributed by atoms with E-state index in [0.29, 0.717) is 11.7 Å². The Bertz CT molecular complexity index is 1020. The van der Waals surface area contributed by atoms with Crippen LogP contribution in [0.2, 0.25) is 0 Å². The second-order valence-corrected chi connectivity index (χ2v) is 7.75. The van der Waals surface area contributed by atoms with Crippen LogP contribution in [-0.2, 0) is 12.6 Å². The molecule has 31 heavy (non-hydrogen) atoms. The number of nitrogens with one attached hydrogen (secondary N) is 1. The Hall–Kier alpha value is -3.29. The molecule has 2 aromatic carbocycles. The maximum Gasteiger partial charge on any atom is 0.418 e. The highest BCUT2D eigenvalue weighted by molar-refractivity contribution is 5.79.